The van der Waals surface area contributed by atoms with E-state index in [1.54, 1.807) is 0 Å². The van der Waals surface area contributed by atoms with Crippen LogP contribution in [0.15, 0.2) is 12.3 Å². The maximum Gasteiger partial charge on any atom is 0.132 e. The first kappa shape index (κ1) is 11.0. The van der Waals surface area contributed by atoms with Gasteiger partial charge in [0.15, 0.2) is 0 Å². The van der Waals surface area contributed by atoms with Crippen molar-refractivity contribution >= 4 is 5.82 Å². The molecule has 92 valence electrons. The largest absolute Gasteiger partial charge is 0.356 e. The van der Waals surface area contributed by atoms with Crippen LogP contribution in [0, 0.1) is 18.8 Å². The second-order valence-corrected chi connectivity index (χ2v) is 5.46. The second-order valence-electron chi connectivity index (χ2n) is 5.46. The number of fused-ring (bicyclic) bond motifs is 1. The Labute approximate surface area is 102 Å². The molecule has 1 aliphatic carbocycles. The third kappa shape index (κ3) is 2.14. The summed E-state index contributed by atoms with van der Waals surface area (Å²) in [6.45, 7) is 4.21. The summed E-state index contributed by atoms with van der Waals surface area (Å²) < 4.78 is 0. The Kier molecular flexibility index (Phi) is 2.74. The molecule has 1 aliphatic heterocycles. The quantitative estimate of drug-likeness (QED) is 0.794. The SMILES string of the molecule is Cc1nccc(N2C[C@H]3CCC(N)C[C@H]3C2)n1. The zero-order chi connectivity index (χ0) is 11.8. The van der Waals surface area contributed by atoms with E-state index in [9.17, 15) is 0 Å². The van der Waals surface area contributed by atoms with Crippen LogP contribution in [0.4, 0.5) is 5.82 Å². The molecule has 2 N–H and O–H groups in total. The van der Waals surface area contributed by atoms with Gasteiger partial charge in [-0.1, -0.05) is 0 Å². The van der Waals surface area contributed by atoms with Crippen molar-refractivity contribution in [1.29, 1.82) is 0 Å². The molecule has 2 fully saturated rings. The molecule has 0 aromatic carbocycles. The van der Waals surface area contributed by atoms with E-state index in [0.29, 0.717) is 6.04 Å². The second kappa shape index (κ2) is 4.26. The number of aryl methyl sites for hydroxylation is 1. The van der Waals surface area contributed by atoms with E-state index in [4.69, 9.17) is 5.73 Å². The van der Waals surface area contributed by atoms with Crippen LogP contribution in [0.2, 0.25) is 0 Å². The van der Waals surface area contributed by atoms with Crippen LogP contribution in [0.1, 0.15) is 25.1 Å². The van der Waals surface area contributed by atoms with Gasteiger partial charge >= 0.3 is 0 Å². The van der Waals surface area contributed by atoms with Crippen molar-refractivity contribution in [3.8, 4) is 0 Å². The van der Waals surface area contributed by atoms with Gasteiger partial charge in [-0.25, -0.2) is 9.97 Å². The lowest BCUT2D eigenvalue weighted by Gasteiger charge is -2.27. The van der Waals surface area contributed by atoms with E-state index in [2.05, 4.69) is 14.9 Å². The van der Waals surface area contributed by atoms with Gasteiger partial charge in [-0.15, -0.1) is 0 Å². The van der Waals surface area contributed by atoms with E-state index >= 15 is 0 Å². The van der Waals surface area contributed by atoms with Gasteiger partial charge in [0.1, 0.15) is 11.6 Å². The molecule has 1 saturated carbocycles. The first-order chi connectivity index (χ1) is 8.22. The number of aromatic nitrogens is 2. The fraction of sp³-hybridized carbons (Fsp3) is 0.692. The predicted octanol–water partition coefficient (Wildman–Crippen LogP) is 1.35. The van der Waals surface area contributed by atoms with E-state index in [1.165, 1.54) is 19.3 Å². The molecule has 17 heavy (non-hydrogen) atoms. The van der Waals surface area contributed by atoms with Crippen LogP contribution >= 0.6 is 0 Å². The number of hydrogen-bond donors (Lipinski definition) is 1. The lowest BCUT2D eigenvalue weighted by atomic mass is 9.79. The van der Waals surface area contributed by atoms with Gasteiger partial charge < -0.3 is 10.6 Å². The Morgan fingerprint density at radius 2 is 2.12 bits per heavy atom. The van der Waals surface area contributed by atoms with Gasteiger partial charge in [0.2, 0.25) is 0 Å². The third-order valence-corrected chi connectivity index (χ3v) is 4.18. The minimum Gasteiger partial charge on any atom is -0.356 e. The van der Waals surface area contributed by atoms with Crippen LogP contribution in [-0.2, 0) is 0 Å². The highest BCUT2D eigenvalue weighted by Gasteiger charge is 2.37. The number of nitrogens with two attached hydrogens (primary N) is 1. The lowest BCUT2D eigenvalue weighted by molar-refractivity contribution is 0.271. The van der Waals surface area contributed by atoms with Gasteiger partial charge in [-0.05, 0) is 44.1 Å². The monoisotopic (exact) mass is 232 g/mol. The normalized spacial score (nSPS) is 32.6. The van der Waals surface area contributed by atoms with E-state index in [1.807, 2.05) is 19.2 Å². The van der Waals surface area contributed by atoms with E-state index < -0.39 is 0 Å². The molecule has 0 bridgehead atoms. The summed E-state index contributed by atoms with van der Waals surface area (Å²) in [5, 5.41) is 0. The summed E-state index contributed by atoms with van der Waals surface area (Å²) in [5.74, 6) is 3.54. The predicted molar refractivity (Wildman–Crippen MR) is 67.8 cm³/mol. The molecule has 4 heteroatoms. The summed E-state index contributed by atoms with van der Waals surface area (Å²) in [4.78, 5) is 11.1. The number of nitrogens with zero attached hydrogens (tertiary/aromatic N) is 3. The Balaban J connectivity index is 1.75. The summed E-state index contributed by atoms with van der Waals surface area (Å²) in [6.07, 6.45) is 5.51. The van der Waals surface area contributed by atoms with Crippen molar-refractivity contribution in [2.45, 2.75) is 32.2 Å². The first-order valence-corrected chi connectivity index (χ1v) is 6.52. The van der Waals surface area contributed by atoms with Crippen molar-refractivity contribution in [1.82, 2.24) is 9.97 Å². The van der Waals surface area contributed by atoms with Gasteiger partial charge in [-0.3, -0.25) is 0 Å². The minimum absolute atomic E-state index is 0.420. The molecule has 1 aromatic heterocycles. The average molecular weight is 232 g/mol. The van der Waals surface area contributed by atoms with Gasteiger partial charge in [0, 0.05) is 25.3 Å². The minimum atomic E-state index is 0.420. The lowest BCUT2D eigenvalue weighted by Crippen LogP contribution is -2.32. The fourth-order valence-corrected chi connectivity index (χ4v) is 3.27. The molecule has 4 nitrogen and oxygen atoms in total. The van der Waals surface area contributed by atoms with Crippen LogP contribution in [0.25, 0.3) is 0 Å². The summed E-state index contributed by atoms with van der Waals surface area (Å²) >= 11 is 0. The van der Waals surface area contributed by atoms with E-state index in [-0.39, 0.29) is 0 Å². The summed E-state index contributed by atoms with van der Waals surface area (Å²) in [5.41, 5.74) is 6.05. The van der Waals surface area contributed by atoms with Gasteiger partial charge in [0.25, 0.3) is 0 Å². The smallest absolute Gasteiger partial charge is 0.132 e. The zero-order valence-corrected chi connectivity index (χ0v) is 10.3. The molecule has 0 spiro atoms. The molecule has 0 radical (unpaired) electrons. The Bertz CT molecular complexity index is 406. The topological polar surface area (TPSA) is 55.0 Å². The van der Waals surface area contributed by atoms with Crippen molar-refractivity contribution in [2.75, 3.05) is 18.0 Å². The highest BCUT2D eigenvalue weighted by molar-refractivity contribution is 5.39. The molecule has 1 aromatic rings. The molecule has 2 aliphatic rings. The number of hydrogen-bond acceptors (Lipinski definition) is 4. The molecule has 0 amide bonds. The van der Waals surface area contributed by atoms with Crippen molar-refractivity contribution in [3.63, 3.8) is 0 Å². The van der Waals surface area contributed by atoms with Crippen molar-refractivity contribution in [3.05, 3.63) is 18.1 Å². The Morgan fingerprint density at radius 3 is 2.94 bits per heavy atom. The Hall–Kier alpha value is -1.16. The molecule has 2 heterocycles. The van der Waals surface area contributed by atoms with Crippen molar-refractivity contribution in [2.24, 2.45) is 17.6 Å². The maximum atomic E-state index is 6.05. The molecule has 1 saturated heterocycles. The molecular formula is C13H20N4. The number of anilines is 1. The highest BCUT2D eigenvalue weighted by atomic mass is 15.2. The molecular weight excluding hydrogens is 212 g/mol. The van der Waals surface area contributed by atoms with E-state index in [0.717, 1.165) is 36.6 Å². The first-order valence-electron chi connectivity index (χ1n) is 6.52. The average Bonchev–Trinajstić information content (AvgIpc) is 2.72. The summed E-state index contributed by atoms with van der Waals surface area (Å²) in [7, 11) is 0. The van der Waals surface area contributed by atoms with Crippen LogP contribution in [0.5, 0.6) is 0 Å². The Morgan fingerprint density at radius 1 is 1.29 bits per heavy atom. The van der Waals surface area contributed by atoms with Crippen LogP contribution < -0.4 is 10.6 Å². The van der Waals surface area contributed by atoms with Crippen LogP contribution in [-0.4, -0.2) is 29.1 Å². The zero-order valence-electron chi connectivity index (χ0n) is 10.3. The summed E-state index contributed by atoms with van der Waals surface area (Å²) in [6, 6.07) is 2.44. The molecule has 3 atom stereocenters. The van der Waals surface area contributed by atoms with Crippen molar-refractivity contribution < 1.29 is 0 Å². The fourth-order valence-electron chi connectivity index (χ4n) is 3.27. The highest BCUT2D eigenvalue weighted by Crippen LogP contribution is 2.37. The van der Waals surface area contributed by atoms with Crippen LogP contribution in [0.3, 0.4) is 0 Å². The third-order valence-electron chi connectivity index (χ3n) is 4.18. The maximum absolute atomic E-state index is 6.05. The molecule has 3 rings (SSSR count). The van der Waals surface area contributed by atoms with Gasteiger partial charge in [-0.2, -0.15) is 0 Å². The standard InChI is InChI=1S/C13H20N4/c1-9-15-5-4-13(16-9)17-7-10-2-3-12(14)6-11(10)8-17/h4-5,10-12H,2-3,6-8,14H2,1H3/t10-,11+,12?/m1/s1. The number of rotatable bonds is 1. The van der Waals surface area contributed by atoms with Gasteiger partial charge in [0.05, 0.1) is 0 Å². The molecule has 1 unspecified atom stereocenters.